The van der Waals surface area contributed by atoms with Gasteiger partial charge in [-0.15, -0.1) is 5.10 Å². The zero-order valence-corrected chi connectivity index (χ0v) is 19.7. The molecule has 0 bridgehead atoms. The van der Waals surface area contributed by atoms with Crippen molar-refractivity contribution in [3.05, 3.63) is 64.5 Å². The SMILES string of the molecule is CCc1cc2cc(CN(Cc3cc(C(F)(F)F)cc(C(F)(F)F)c3)c3nnn(C)n3)cnc2n1CC. The fraction of sp³-hybridized carbons (Fsp3) is 0.391. The van der Waals surface area contributed by atoms with Crippen LogP contribution in [0.3, 0.4) is 0 Å². The molecule has 0 saturated heterocycles. The highest BCUT2D eigenvalue weighted by Crippen LogP contribution is 2.37. The van der Waals surface area contributed by atoms with Gasteiger partial charge in [0.2, 0.25) is 0 Å². The first-order valence-electron chi connectivity index (χ1n) is 11.1. The van der Waals surface area contributed by atoms with Gasteiger partial charge in [-0.1, -0.05) is 12.0 Å². The van der Waals surface area contributed by atoms with E-state index in [0.717, 1.165) is 34.5 Å². The summed E-state index contributed by atoms with van der Waals surface area (Å²) in [5.74, 6) is 0.0592. The molecule has 0 radical (unpaired) electrons. The van der Waals surface area contributed by atoms with E-state index in [1.54, 1.807) is 6.20 Å². The van der Waals surface area contributed by atoms with E-state index in [0.29, 0.717) is 17.7 Å². The maximum atomic E-state index is 13.4. The number of pyridine rings is 1. The number of nitrogens with zero attached hydrogens (tertiary/aromatic N) is 7. The number of benzene rings is 1. The summed E-state index contributed by atoms with van der Waals surface area (Å²) in [7, 11) is 1.51. The van der Waals surface area contributed by atoms with Crippen LogP contribution in [0.2, 0.25) is 0 Å². The summed E-state index contributed by atoms with van der Waals surface area (Å²) < 4.78 is 82.2. The Morgan fingerprint density at radius 1 is 0.861 bits per heavy atom. The minimum atomic E-state index is -4.94. The molecule has 7 nitrogen and oxygen atoms in total. The van der Waals surface area contributed by atoms with Crippen LogP contribution in [0.15, 0.2) is 36.5 Å². The second-order valence-corrected chi connectivity index (χ2v) is 8.34. The molecule has 0 unspecified atom stereocenters. The molecule has 0 amide bonds. The summed E-state index contributed by atoms with van der Waals surface area (Å²) in [4.78, 5) is 7.17. The standard InChI is InChI=1S/C23H23F6N7/c1-4-19-9-16-6-15(11-30-20(16)36(19)5-2)13-35(21-31-33-34(3)32-21)12-14-7-17(22(24,25)26)10-18(8-14)23(27,28)29/h6-11H,4-5,12-13H2,1-3H3. The van der Waals surface area contributed by atoms with Crippen LogP contribution < -0.4 is 4.90 Å². The molecule has 192 valence electrons. The monoisotopic (exact) mass is 511 g/mol. The first kappa shape index (κ1) is 25.5. The Hall–Kier alpha value is -3.64. The van der Waals surface area contributed by atoms with Crippen molar-refractivity contribution in [2.75, 3.05) is 4.90 Å². The Morgan fingerprint density at radius 2 is 1.50 bits per heavy atom. The van der Waals surface area contributed by atoms with E-state index < -0.39 is 23.5 Å². The van der Waals surface area contributed by atoms with Crippen LogP contribution in [-0.2, 0) is 45.5 Å². The minimum absolute atomic E-state index is 0.0592. The molecule has 3 heterocycles. The first-order chi connectivity index (χ1) is 16.9. The van der Waals surface area contributed by atoms with Crippen LogP contribution in [0.5, 0.6) is 0 Å². The topological polar surface area (TPSA) is 64.7 Å². The van der Waals surface area contributed by atoms with Crippen LogP contribution in [-0.4, -0.2) is 29.8 Å². The van der Waals surface area contributed by atoms with Crippen molar-refractivity contribution in [3.8, 4) is 0 Å². The number of tetrazole rings is 1. The van der Waals surface area contributed by atoms with Gasteiger partial charge in [0, 0.05) is 36.9 Å². The molecule has 36 heavy (non-hydrogen) atoms. The van der Waals surface area contributed by atoms with E-state index in [-0.39, 0.29) is 30.7 Å². The van der Waals surface area contributed by atoms with Crippen LogP contribution in [0, 0.1) is 0 Å². The quantitative estimate of drug-likeness (QED) is 0.312. The highest BCUT2D eigenvalue weighted by molar-refractivity contribution is 5.78. The first-order valence-corrected chi connectivity index (χ1v) is 11.1. The molecule has 0 spiro atoms. The summed E-state index contributed by atoms with van der Waals surface area (Å²) >= 11 is 0. The molecule has 0 aliphatic heterocycles. The number of rotatable bonds is 7. The summed E-state index contributed by atoms with van der Waals surface area (Å²) in [6.07, 6.45) is -7.44. The second kappa shape index (κ2) is 9.43. The number of fused-ring (bicyclic) bond motifs is 1. The summed E-state index contributed by atoms with van der Waals surface area (Å²) in [6, 6.07) is 5.42. The normalized spacial score (nSPS) is 12.5. The summed E-state index contributed by atoms with van der Waals surface area (Å²) in [5.41, 5.74) is -0.355. The van der Waals surface area contributed by atoms with Crippen LogP contribution >= 0.6 is 0 Å². The van der Waals surface area contributed by atoms with E-state index in [9.17, 15) is 26.3 Å². The molecule has 0 saturated carbocycles. The van der Waals surface area contributed by atoms with Gasteiger partial charge in [0.25, 0.3) is 5.95 Å². The minimum Gasteiger partial charge on any atom is -0.330 e. The van der Waals surface area contributed by atoms with Crippen LogP contribution in [0.1, 0.15) is 41.8 Å². The van der Waals surface area contributed by atoms with Crippen molar-refractivity contribution >= 4 is 17.0 Å². The lowest BCUT2D eigenvalue weighted by Crippen LogP contribution is -2.24. The van der Waals surface area contributed by atoms with Gasteiger partial charge in [0.15, 0.2) is 0 Å². The maximum absolute atomic E-state index is 13.4. The number of halogens is 6. The lowest BCUT2D eigenvalue weighted by atomic mass is 10.0. The molecule has 4 aromatic rings. The average Bonchev–Trinajstić information content (AvgIpc) is 3.39. The van der Waals surface area contributed by atoms with E-state index in [4.69, 9.17) is 0 Å². The largest absolute Gasteiger partial charge is 0.416 e. The lowest BCUT2D eigenvalue weighted by Gasteiger charge is -2.22. The van der Waals surface area contributed by atoms with Crippen molar-refractivity contribution in [1.82, 2.24) is 29.8 Å². The molecular formula is C23H23F6N7. The molecule has 0 N–H and O–H groups in total. The predicted octanol–water partition coefficient (Wildman–Crippen LogP) is 5.39. The van der Waals surface area contributed by atoms with Crippen molar-refractivity contribution in [2.45, 2.75) is 52.3 Å². The smallest absolute Gasteiger partial charge is 0.330 e. The third-order valence-corrected chi connectivity index (χ3v) is 5.73. The number of aryl methyl sites for hydroxylation is 3. The van der Waals surface area contributed by atoms with Crippen molar-refractivity contribution < 1.29 is 26.3 Å². The summed E-state index contributed by atoms with van der Waals surface area (Å²) in [6.45, 7) is 4.57. The van der Waals surface area contributed by atoms with E-state index in [1.165, 1.54) is 11.9 Å². The van der Waals surface area contributed by atoms with Crippen LogP contribution in [0.25, 0.3) is 11.0 Å². The molecule has 3 aromatic heterocycles. The highest BCUT2D eigenvalue weighted by atomic mass is 19.4. The number of alkyl halides is 6. The van der Waals surface area contributed by atoms with Gasteiger partial charge in [0.05, 0.1) is 18.2 Å². The van der Waals surface area contributed by atoms with Crippen molar-refractivity contribution in [2.24, 2.45) is 7.05 Å². The average molecular weight is 511 g/mol. The zero-order chi connectivity index (χ0) is 26.3. The third-order valence-electron chi connectivity index (χ3n) is 5.73. The molecule has 1 aromatic carbocycles. The molecule has 13 heteroatoms. The Bertz CT molecular complexity index is 1340. The van der Waals surface area contributed by atoms with E-state index in [2.05, 4.69) is 25.0 Å². The molecule has 0 aliphatic carbocycles. The molecule has 0 atom stereocenters. The number of hydrogen-bond acceptors (Lipinski definition) is 5. The molecule has 0 aliphatic rings. The number of aromatic nitrogens is 6. The Kier molecular flexibility index (Phi) is 6.67. The fourth-order valence-electron chi connectivity index (χ4n) is 4.13. The van der Waals surface area contributed by atoms with Gasteiger partial charge in [-0.2, -0.15) is 31.1 Å². The van der Waals surface area contributed by atoms with E-state index in [1.807, 2.05) is 26.0 Å². The highest BCUT2D eigenvalue weighted by Gasteiger charge is 2.37. The Morgan fingerprint density at radius 3 is 2.03 bits per heavy atom. The zero-order valence-electron chi connectivity index (χ0n) is 19.7. The number of hydrogen-bond donors (Lipinski definition) is 0. The van der Waals surface area contributed by atoms with Gasteiger partial charge in [-0.25, -0.2) is 4.98 Å². The van der Waals surface area contributed by atoms with E-state index >= 15 is 0 Å². The van der Waals surface area contributed by atoms with Crippen LogP contribution in [0.4, 0.5) is 32.3 Å². The van der Waals surface area contributed by atoms with Gasteiger partial charge in [0.1, 0.15) is 5.65 Å². The molecule has 0 fully saturated rings. The Labute approximate surface area is 202 Å². The predicted molar refractivity (Wildman–Crippen MR) is 120 cm³/mol. The van der Waals surface area contributed by atoms with Gasteiger partial charge >= 0.3 is 12.4 Å². The van der Waals surface area contributed by atoms with Gasteiger partial charge in [-0.05, 0) is 60.0 Å². The number of anilines is 1. The molecular weight excluding hydrogens is 488 g/mol. The molecule has 4 rings (SSSR count). The lowest BCUT2D eigenvalue weighted by molar-refractivity contribution is -0.143. The van der Waals surface area contributed by atoms with Crippen molar-refractivity contribution in [3.63, 3.8) is 0 Å². The summed E-state index contributed by atoms with van der Waals surface area (Å²) in [5, 5.41) is 12.7. The third kappa shape index (κ3) is 5.29. The van der Waals surface area contributed by atoms with Gasteiger partial charge < -0.3 is 9.47 Å². The maximum Gasteiger partial charge on any atom is 0.416 e. The second-order valence-electron chi connectivity index (χ2n) is 8.34. The Balaban J connectivity index is 1.73. The van der Waals surface area contributed by atoms with Crippen molar-refractivity contribution in [1.29, 1.82) is 0 Å². The van der Waals surface area contributed by atoms with Gasteiger partial charge in [-0.3, -0.25) is 0 Å². The fourth-order valence-corrected chi connectivity index (χ4v) is 4.13.